The van der Waals surface area contributed by atoms with Crippen LogP contribution < -0.4 is 10.1 Å². The van der Waals surface area contributed by atoms with E-state index in [0.29, 0.717) is 43.8 Å². The van der Waals surface area contributed by atoms with E-state index in [1.54, 1.807) is 12.1 Å². The van der Waals surface area contributed by atoms with Crippen LogP contribution in [0.5, 0.6) is 5.75 Å². The first kappa shape index (κ1) is 23.6. The van der Waals surface area contributed by atoms with E-state index in [1.165, 1.54) is 22.1 Å². The number of fused-ring (bicyclic) bond motifs is 1. The summed E-state index contributed by atoms with van der Waals surface area (Å²) < 4.78 is 38.0. The molecule has 2 aromatic carbocycles. The van der Waals surface area contributed by atoms with E-state index in [1.807, 2.05) is 32.0 Å². The maximum absolute atomic E-state index is 12.9. The summed E-state index contributed by atoms with van der Waals surface area (Å²) >= 11 is 1.27. The van der Waals surface area contributed by atoms with E-state index in [0.717, 1.165) is 22.3 Å². The Bertz CT molecular complexity index is 1250. The SMILES string of the molecule is CCOc1ccc2nc(SCC(=O)Nc3cc(S(=O)(=O)N4CCOCC4)ccc3C)[nH]c2c1. The standard InChI is InChI=1S/C22H26N4O5S2/c1-3-31-16-5-7-18-20(12-16)25-22(24-18)32-14-21(27)23-19-13-17(6-4-15(19)2)33(28,29)26-8-10-30-11-9-26/h4-7,12-13H,3,8-11,14H2,1-2H3,(H,23,27)(H,24,25). The number of hydrogen-bond acceptors (Lipinski definition) is 7. The molecule has 0 radical (unpaired) electrons. The molecule has 2 N–H and O–H groups in total. The van der Waals surface area contributed by atoms with Crippen LogP contribution in [0.2, 0.25) is 0 Å². The number of aryl methyl sites for hydroxylation is 1. The number of amides is 1. The van der Waals surface area contributed by atoms with Crippen molar-refractivity contribution in [1.82, 2.24) is 14.3 Å². The van der Waals surface area contributed by atoms with Gasteiger partial charge >= 0.3 is 0 Å². The summed E-state index contributed by atoms with van der Waals surface area (Å²) in [5.41, 5.74) is 2.88. The Morgan fingerprint density at radius 3 is 2.79 bits per heavy atom. The van der Waals surface area contributed by atoms with Gasteiger partial charge in [-0.2, -0.15) is 4.31 Å². The lowest BCUT2D eigenvalue weighted by molar-refractivity contribution is -0.113. The van der Waals surface area contributed by atoms with Gasteiger partial charge in [0, 0.05) is 24.8 Å². The minimum atomic E-state index is -3.64. The molecule has 4 rings (SSSR count). The van der Waals surface area contributed by atoms with E-state index in [9.17, 15) is 13.2 Å². The van der Waals surface area contributed by atoms with Gasteiger partial charge in [-0.15, -0.1) is 0 Å². The lowest BCUT2D eigenvalue weighted by Gasteiger charge is -2.26. The number of aromatic nitrogens is 2. The number of morpholine rings is 1. The third-order valence-electron chi connectivity index (χ3n) is 5.17. The van der Waals surface area contributed by atoms with E-state index >= 15 is 0 Å². The average molecular weight is 491 g/mol. The van der Waals surface area contributed by atoms with E-state index in [4.69, 9.17) is 9.47 Å². The van der Waals surface area contributed by atoms with Crippen molar-refractivity contribution in [3.8, 4) is 5.75 Å². The molecular formula is C22H26N4O5S2. The van der Waals surface area contributed by atoms with Crippen molar-refractivity contribution >= 4 is 44.4 Å². The number of carbonyl (C=O) groups is 1. The van der Waals surface area contributed by atoms with E-state index < -0.39 is 10.0 Å². The smallest absolute Gasteiger partial charge is 0.243 e. The molecule has 0 saturated carbocycles. The highest BCUT2D eigenvalue weighted by Crippen LogP contribution is 2.26. The van der Waals surface area contributed by atoms with E-state index in [2.05, 4.69) is 15.3 Å². The maximum atomic E-state index is 12.9. The van der Waals surface area contributed by atoms with Crippen LogP contribution in [0.3, 0.4) is 0 Å². The van der Waals surface area contributed by atoms with Crippen molar-refractivity contribution in [1.29, 1.82) is 0 Å². The summed E-state index contributed by atoms with van der Waals surface area (Å²) in [6, 6.07) is 10.4. The molecule has 33 heavy (non-hydrogen) atoms. The molecule has 1 aromatic heterocycles. The van der Waals surface area contributed by atoms with Crippen LogP contribution in [0, 0.1) is 6.92 Å². The Kier molecular flexibility index (Phi) is 7.23. The number of sulfonamides is 1. The van der Waals surface area contributed by atoms with Crippen molar-refractivity contribution in [2.75, 3.05) is 44.0 Å². The van der Waals surface area contributed by atoms with Gasteiger partial charge in [0.05, 0.1) is 41.5 Å². The number of ether oxygens (including phenoxy) is 2. The van der Waals surface area contributed by atoms with Gasteiger partial charge in [-0.25, -0.2) is 13.4 Å². The normalized spacial score (nSPS) is 15.0. The van der Waals surface area contributed by atoms with Crippen molar-refractivity contribution in [2.45, 2.75) is 23.9 Å². The third-order valence-corrected chi connectivity index (χ3v) is 7.94. The molecule has 176 valence electrons. The van der Waals surface area contributed by atoms with Crippen LogP contribution in [0.4, 0.5) is 5.69 Å². The second-order valence-electron chi connectivity index (χ2n) is 7.48. The van der Waals surface area contributed by atoms with Crippen LogP contribution in [0.15, 0.2) is 46.5 Å². The number of nitrogens with zero attached hydrogens (tertiary/aromatic N) is 2. The van der Waals surface area contributed by atoms with Gasteiger partial charge in [0.25, 0.3) is 0 Å². The number of rotatable bonds is 8. The fourth-order valence-electron chi connectivity index (χ4n) is 3.44. The topological polar surface area (TPSA) is 114 Å². The van der Waals surface area contributed by atoms with Crippen molar-refractivity contribution < 1.29 is 22.7 Å². The van der Waals surface area contributed by atoms with Gasteiger partial charge < -0.3 is 19.8 Å². The molecule has 0 atom stereocenters. The lowest BCUT2D eigenvalue weighted by Crippen LogP contribution is -2.40. The summed E-state index contributed by atoms with van der Waals surface area (Å²) in [6.45, 7) is 5.71. The largest absolute Gasteiger partial charge is 0.494 e. The molecule has 1 amide bonds. The molecule has 1 saturated heterocycles. The number of aromatic amines is 1. The Balaban J connectivity index is 1.42. The van der Waals surface area contributed by atoms with Crippen molar-refractivity contribution in [3.63, 3.8) is 0 Å². The molecule has 1 aliphatic heterocycles. The molecule has 2 heterocycles. The third kappa shape index (κ3) is 5.49. The van der Waals surface area contributed by atoms with Crippen LogP contribution in [-0.2, 0) is 19.6 Å². The van der Waals surface area contributed by atoms with Crippen LogP contribution in [0.25, 0.3) is 11.0 Å². The fraction of sp³-hybridized carbons (Fsp3) is 0.364. The number of nitrogens with one attached hydrogen (secondary N) is 2. The van der Waals surface area contributed by atoms with Crippen LogP contribution in [0.1, 0.15) is 12.5 Å². The predicted octanol–water partition coefficient (Wildman–Crippen LogP) is 3.02. The Morgan fingerprint density at radius 2 is 2.03 bits per heavy atom. The summed E-state index contributed by atoms with van der Waals surface area (Å²) in [4.78, 5) is 20.4. The fourth-order valence-corrected chi connectivity index (χ4v) is 5.56. The molecular weight excluding hydrogens is 464 g/mol. The highest BCUT2D eigenvalue weighted by atomic mass is 32.2. The van der Waals surface area contributed by atoms with Gasteiger partial charge in [-0.1, -0.05) is 17.8 Å². The van der Waals surface area contributed by atoms with Gasteiger partial charge in [0.15, 0.2) is 5.16 Å². The number of hydrogen-bond donors (Lipinski definition) is 2. The molecule has 9 nitrogen and oxygen atoms in total. The number of thioether (sulfide) groups is 1. The molecule has 0 spiro atoms. The summed E-state index contributed by atoms with van der Waals surface area (Å²) in [6.07, 6.45) is 0. The monoisotopic (exact) mass is 490 g/mol. The van der Waals surface area contributed by atoms with Crippen LogP contribution in [-0.4, -0.2) is 67.3 Å². The quantitative estimate of drug-likeness (QED) is 0.467. The summed E-state index contributed by atoms with van der Waals surface area (Å²) in [5.74, 6) is 0.627. The highest BCUT2D eigenvalue weighted by Gasteiger charge is 2.27. The molecule has 1 fully saturated rings. The minimum absolute atomic E-state index is 0.123. The molecule has 3 aromatic rings. The number of benzene rings is 2. The van der Waals surface area contributed by atoms with Gasteiger partial charge in [-0.3, -0.25) is 4.79 Å². The van der Waals surface area contributed by atoms with Gasteiger partial charge in [-0.05, 0) is 43.7 Å². The zero-order valence-corrected chi connectivity index (χ0v) is 20.1. The number of H-pyrrole nitrogens is 1. The Morgan fingerprint density at radius 1 is 1.24 bits per heavy atom. The molecule has 0 unspecified atom stereocenters. The second-order valence-corrected chi connectivity index (χ2v) is 10.4. The molecule has 0 bridgehead atoms. The first-order valence-electron chi connectivity index (χ1n) is 10.6. The molecule has 1 aliphatic rings. The van der Waals surface area contributed by atoms with Crippen molar-refractivity contribution in [3.05, 3.63) is 42.0 Å². The number of carbonyl (C=O) groups excluding carboxylic acids is 1. The van der Waals surface area contributed by atoms with Crippen LogP contribution >= 0.6 is 11.8 Å². The first-order valence-corrected chi connectivity index (χ1v) is 13.0. The van der Waals surface area contributed by atoms with Gasteiger partial charge in [0.2, 0.25) is 15.9 Å². The maximum Gasteiger partial charge on any atom is 0.243 e. The highest BCUT2D eigenvalue weighted by molar-refractivity contribution is 7.99. The predicted molar refractivity (Wildman–Crippen MR) is 127 cm³/mol. The average Bonchev–Trinajstić information content (AvgIpc) is 3.22. The summed E-state index contributed by atoms with van der Waals surface area (Å²) in [7, 11) is -3.64. The molecule has 0 aliphatic carbocycles. The zero-order valence-electron chi connectivity index (χ0n) is 18.5. The van der Waals surface area contributed by atoms with Gasteiger partial charge in [0.1, 0.15) is 5.75 Å². The molecule has 11 heteroatoms. The lowest BCUT2D eigenvalue weighted by atomic mass is 10.2. The van der Waals surface area contributed by atoms with E-state index in [-0.39, 0.29) is 16.6 Å². The number of imidazole rings is 1. The first-order chi connectivity index (χ1) is 15.9. The van der Waals surface area contributed by atoms with Crippen molar-refractivity contribution in [2.24, 2.45) is 0 Å². The second kappa shape index (κ2) is 10.1. The summed E-state index contributed by atoms with van der Waals surface area (Å²) in [5, 5.41) is 3.45. The Hall–Kier alpha value is -2.60. The minimum Gasteiger partial charge on any atom is -0.494 e. The Labute approximate surface area is 196 Å². The number of anilines is 1. The zero-order chi connectivity index (χ0) is 23.4.